The molecule has 0 saturated heterocycles. The van der Waals surface area contributed by atoms with Crippen molar-refractivity contribution in [2.45, 2.75) is 25.9 Å². The van der Waals surface area contributed by atoms with Crippen LogP contribution in [0.4, 0.5) is 0 Å². The normalized spacial score (nSPS) is 17.4. The summed E-state index contributed by atoms with van der Waals surface area (Å²) >= 11 is 1.61. The molecule has 0 aromatic carbocycles. The van der Waals surface area contributed by atoms with Gasteiger partial charge in [-0.05, 0) is 34.5 Å². The third-order valence-corrected chi connectivity index (χ3v) is 4.98. The van der Waals surface area contributed by atoms with E-state index in [4.69, 9.17) is 0 Å². The van der Waals surface area contributed by atoms with Crippen LogP contribution >= 0.6 is 11.3 Å². The number of nitrogens with zero attached hydrogens (tertiary/aromatic N) is 2. The Balaban J connectivity index is 1.76. The molecule has 2 aromatic heterocycles. The number of hydrogen-bond acceptors (Lipinski definition) is 3. The molecule has 0 fully saturated rings. The Hall–Kier alpha value is -2.08. The van der Waals surface area contributed by atoms with E-state index in [1.54, 1.807) is 18.4 Å². The summed E-state index contributed by atoms with van der Waals surface area (Å²) in [4.78, 5) is 26.3. The summed E-state index contributed by atoms with van der Waals surface area (Å²) in [6.45, 7) is 2.01. The lowest BCUT2D eigenvalue weighted by Gasteiger charge is -2.24. The SMILES string of the molecule is CNC(=O)C[C@H]1CN(C(=O)Cc2ccsc2)Cc2cccn2C1. The van der Waals surface area contributed by atoms with Crippen LogP contribution in [-0.4, -0.2) is 34.9 Å². The summed E-state index contributed by atoms with van der Waals surface area (Å²) in [6, 6.07) is 6.04. The largest absolute Gasteiger partial charge is 0.359 e. The van der Waals surface area contributed by atoms with Crippen molar-refractivity contribution in [2.75, 3.05) is 13.6 Å². The van der Waals surface area contributed by atoms with E-state index in [9.17, 15) is 9.59 Å². The van der Waals surface area contributed by atoms with Crippen LogP contribution in [0, 0.1) is 5.92 Å². The quantitative estimate of drug-likeness (QED) is 0.930. The standard InChI is InChI=1S/C17H21N3O2S/c1-18-16(21)7-14-9-19-5-2-3-15(19)11-20(10-14)17(22)8-13-4-6-23-12-13/h2-6,12,14H,7-11H2,1H3,(H,18,21)/t14-/m1/s1. The zero-order valence-electron chi connectivity index (χ0n) is 13.2. The Morgan fingerprint density at radius 2 is 2.22 bits per heavy atom. The molecule has 122 valence electrons. The molecule has 0 saturated carbocycles. The molecule has 0 radical (unpaired) electrons. The van der Waals surface area contributed by atoms with E-state index < -0.39 is 0 Å². The fourth-order valence-electron chi connectivity index (χ4n) is 3.04. The molecule has 1 N–H and O–H groups in total. The minimum Gasteiger partial charge on any atom is -0.359 e. The van der Waals surface area contributed by atoms with Gasteiger partial charge in [-0.1, -0.05) is 0 Å². The fraction of sp³-hybridized carbons (Fsp3) is 0.412. The van der Waals surface area contributed by atoms with Crippen molar-refractivity contribution in [3.05, 3.63) is 46.4 Å². The van der Waals surface area contributed by atoms with Gasteiger partial charge in [0.15, 0.2) is 0 Å². The van der Waals surface area contributed by atoms with Crippen LogP contribution < -0.4 is 5.32 Å². The highest BCUT2D eigenvalue weighted by molar-refractivity contribution is 7.08. The minimum atomic E-state index is 0.0239. The molecule has 5 nitrogen and oxygen atoms in total. The molecule has 0 unspecified atom stereocenters. The number of hydrogen-bond donors (Lipinski definition) is 1. The molecule has 1 aliphatic heterocycles. The summed E-state index contributed by atoms with van der Waals surface area (Å²) in [5.74, 6) is 0.283. The van der Waals surface area contributed by atoms with Gasteiger partial charge in [0, 0.05) is 44.4 Å². The molecule has 2 amide bonds. The average Bonchev–Trinajstić information content (AvgIpc) is 3.16. The molecular formula is C17H21N3O2S. The number of aromatic nitrogens is 1. The van der Waals surface area contributed by atoms with Crippen LogP contribution in [0.1, 0.15) is 17.7 Å². The maximum absolute atomic E-state index is 12.7. The van der Waals surface area contributed by atoms with Crippen molar-refractivity contribution >= 4 is 23.2 Å². The van der Waals surface area contributed by atoms with E-state index in [1.165, 1.54) is 0 Å². The number of carbonyl (C=O) groups excluding carboxylic acids is 2. The number of carbonyl (C=O) groups is 2. The molecule has 0 bridgehead atoms. The van der Waals surface area contributed by atoms with E-state index in [1.807, 2.05) is 40.1 Å². The second-order valence-corrected chi connectivity index (χ2v) is 6.76. The van der Waals surface area contributed by atoms with Crippen molar-refractivity contribution < 1.29 is 9.59 Å². The topological polar surface area (TPSA) is 54.3 Å². The Labute approximate surface area is 139 Å². The summed E-state index contributed by atoms with van der Waals surface area (Å²) in [5, 5.41) is 6.69. The third-order valence-electron chi connectivity index (χ3n) is 4.25. The molecule has 23 heavy (non-hydrogen) atoms. The molecule has 1 aliphatic rings. The fourth-order valence-corrected chi connectivity index (χ4v) is 3.71. The van der Waals surface area contributed by atoms with E-state index in [0.717, 1.165) is 17.8 Å². The van der Waals surface area contributed by atoms with E-state index in [0.29, 0.717) is 25.9 Å². The van der Waals surface area contributed by atoms with E-state index >= 15 is 0 Å². The van der Waals surface area contributed by atoms with E-state index in [-0.39, 0.29) is 17.7 Å². The summed E-state index contributed by atoms with van der Waals surface area (Å²) in [5.41, 5.74) is 2.19. The Morgan fingerprint density at radius 1 is 1.35 bits per heavy atom. The van der Waals surface area contributed by atoms with Gasteiger partial charge in [0.1, 0.15) is 0 Å². The number of amides is 2. The van der Waals surface area contributed by atoms with Crippen molar-refractivity contribution in [3.8, 4) is 0 Å². The number of fused-ring (bicyclic) bond motifs is 1. The smallest absolute Gasteiger partial charge is 0.227 e. The molecule has 2 aromatic rings. The maximum Gasteiger partial charge on any atom is 0.227 e. The molecule has 0 spiro atoms. The van der Waals surface area contributed by atoms with Crippen LogP contribution in [-0.2, 0) is 29.1 Å². The van der Waals surface area contributed by atoms with Crippen molar-refractivity contribution in [1.82, 2.24) is 14.8 Å². The van der Waals surface area contributed by atoms with Gasteiger partial charge in [-0.25, -0.2) is 0 Å². The number of nitrogens with one attached hydrogen (secondary N) is 1. The van der Waals surface area contributed by atoms with Gasteiger partial charge in [0.05, 0.1) is 13.0 Å². The molecule has 3 rings (SSSR count). The Morgan fingerprint density at radius 3 is 2.96 bits per heavy atom. The van der Waals surface area contributed by atoms with Crippen LogP contribution in [0.2, 0.25) is 0 Å². The van der Waals surface area contributed by atoms with Crippen LogP contribution in [0.5, 0.6) is 0 Å². The van der Waals surface area contributed by atoms with Crippen LogP contribution in [0.3, 0.4) is 0 Å². The van der Waals surface area contributed by atoms with Gasteiger partial charge >= 0.3 is 0 Å². The lowest BCUT2D eigenvalue weighted by atomic mass is 10.0. The zero-order chi connectivity index (χ0) is 16.2. The summed E-state index contributed by atoms with van der Waals surface area (Å²) < 4.78 is 2.16. The predicted molar refractivity (Wildman–Crippen MR) is 90.0 cm³/mol. The summed E-state index contributed by atoms with van der Waals surface area (Å²) in [6.07, 6.45) is 2.90. The number of thiophene rings is 1. The van der Waals surface area contributed by atoms with Crippen molar-refractivity contribution in [2.24, 2.45) is 5.92 Å². The van der Waals surface area contributed by atoms with Crippen LogP contribution in [0.25, 0.3) is 0 Å². The first-order valence-electron chi connectivity index (χ1n) is 7.79. The monoisotopic (exact) mass is 331 g/mol. The second kappa shape index (κ2) is 7.00. The summed E-state index contributed by atoms with van der Waals surface area (Å²) in [7, 11) is 1.65. The van der Waals surface area contributed by atoms with Gasteiger partial charge in [0.25, 0.3) is 0 Å². The maximum atomic E-state index is 12.7. The Bertz CT molecular complexity index is 678. The number of rotatable bonds is 4. The van der Waals surface area contributed by atoms with E-state index in [2.05, 4.69) is 9.88 Å². The first-order chi connectivity index (χ1) is 11.2. The molecular weight excluding hydrogens is 310 g/mol. The first kappa shape index (κ1) is 15.8. The highest BCUT2D eigenvalue weighted by Gasteiger charge is 2.26. The average molecular weight is 331 g/mol. The highest BCUT2D eigenvalue weighted by Crippen LogP contribution is 2.20. The minimum absolute atomic E-state index is 0.0239. The van der Waals surface area contributed by atoms with Gasteiger partial charge in [-0.2, -0.15) is 11.3 Å². The predicted octanol–water partition coefficient (Wildman–Crippen LogP) is 1.89. The molecule has 0 aliphatic carbocycles. The molecule has 1 atom stereocenters. The van der Waals surface area contributed by atoms with Gasteiger partial charge in [-0.15, -0.1) is 0 Å². The lowest BCUT2D eigenvalue weighted by molar-refractivity contribution is -0.132. The first-order valence-corrected chi connectivity index (χ1v) is 8.73. The Kier molecular flexibility index (Phi) is 4.81. The zero-order valence-corrected chi connectivity index (χ0v) is 14.0. The van der Waals surface area contributed by atoms with Gasteiger partial charge in [-0.3, -0.25) is 9.59 Å². The highest BCUT2D eigenvalue weighted by atomic mass is 32.1. The third kappa shape index (κ3) is 3.82. The van der Waals surface area contributed by atoms with Gasteiger partial charge < -0.3 is 14.8 Å². The van der Waals surface area contributed by atoms with Crippen molar-refractivity contribution in [1.29, 1.82) is 0 Å². The molecule has 3 heterocycles. The van der Waals surface area contributed by atoms with Crippen molar-refractivity contribution in [3.63, 3.8) is 0 Å². The molecule has 6 heteroatoms. The van der Waals surface area contributed by atoms with Crippen LogP contribution in [0.15, 0.2) is 35.2 Å². The second-order valence-electron chi connectivity index (χ2n) is 5.98. The van der Waals surface area contributed by atoms with Gasteiger partial charge in [0.2, 0.25) is 11.8 Å². The lowest BCUT2D eigenvalue weighted by Crippen LogP contribution is -2.36.